The van der Waals surface area contributed by atoms with Crippen molar-refractivity contribution in [3.63, 3.8) is 0 Å². The molecule has 0 atom stereocenters. The minimum absolute atomic E-state index is 0.00875. The predicted molar refractivity (Wildman–Crippen MR) is 46.2 cm³/mol. The highest BCUT2D eigenvalue weighted by Gasteiger charge is 2.08. The van der Waals surface area contributed by atoms with Crippen molar-refractivity contribution in [1.29, 1.82) is 0 Å². The second kappa shape index (κ2) is 6.91. The molecule has 0 spiro atoms. The van der Waals surface area contributed by atoms with Gasteiger partial charge in [0.25, 0.3) is 0 Å². The summed E-state index contributed by atoms with van der Waals surface area (Å²) in [6.07, 6.45) is -0.00875. The van der Waals surface area contributed by atoms with E-state index in [1.54, 1.807) is 13.8 Å². The molecular weight excluding hydrogens is 182 g/mol. The van der Waals surface area contributed by atoms with Crippen molar-refractivity contribution in [1.82, 2.24) is 0 Å². The van der Waals surface area contributed by atoms with E-state index in [0.717, 1.165) is 0 Å². The average Bonchev–Trinajstić information content (AvgIpc) is 2.04. The van der Waals surface area contributed by atoms with Crippen molar-refractivity contribution < 1.29 is 14.3 Å². The number of ether oxygens (including phenoxy) is 2. The zero-order chi connectivity index (χ0) is 9.40. The van der Waals surface area contributed by atoms with E-state index in [-0.39, 0.29) is 18.3 Å². The number of hydrogen-bond acceptors (Lipinski definition) is 4. The lowest BCUT2D eigenvalue weighted by Gasteiger charge is -2.04. The molecular formula is C7H12ClNO3. The number of esters is 1. The van der Waals surface area contributed by atoms with Crippen LogP contribution < -0.4 is 0 Å². The van der Waals surface area contributed by atoms with E-state index >= 15 is 0 Å². The first kappa shape index (κ1) is 11.2. The molecule has 0 aromatic heterocycles. The monoisotopic (exact) mass is 193 g/mol. The first-order chi connectivity index (χ1) is 5.74. The SMILES string of the molecule is CCOC(=O)CC(=NCl)OCC. The van der Waals surface area contributed by atoms with Crippen molar-refractivity contribution >= 4 is 23.6 Å². The van der Waals surface area contributed by atoms with Gasteiger partial charge in [0, 0.05) is 11.8 Å². The Morgan fingerprint density at radius 3 is 2.33 bits per heavy atom. The van der Waals surface area contributed by atoms with Crippen molar-refractivity contribution in [3.8, 4) is 0 Å². The molecule has 0 N–H and O–H groups in total. The van der Waals surface area contributed by atoms with Crippen LogP contribution >= 0.6 is 11.8 Å². The number of halogens is 1. The van der Waals surface area contributed by atoms with Gasteiger partial charge in [0.1, 0.15) is 6.42 Å². The summed E-state index contributed by atoms with van der Waals surface area (Å²) in [4.78, 5) is 10.8. The van der Waals surface area contributed by atoms with Gasteiger partial charge in [-0.15, -0.1) is 4.51 Å². The van der Waals surface area contributed by atoms with Gasteiger partial charge in [-0.05, 0) is 13.8 Å². The molecule has 0 rings (SSSR count). The van der Waals surface area contributed by atoms with Crippen molar-refractivity contribution in [2.75, 3.05) is 13.2 Å². The molecule has 0 radical (unpaired) electrons. The normalized spacial score (nSPS) is 11.1. The number of nitrogens with zero attached hydrogens (tertiary/aromatic N) is 1. The molecule has 0 aromatic rings. The number of rotatable bonds is 4. The van der Waals surface area contributed by atoms with Gasteiger partial charge in [-0.25, -0.2) is 0 Å². The van der Waals surface area contributed by atoms with Crippen molar-refractivity contribution in [3.05, 3.63) is 0 Å². The average molecular weight is 194 g/mol. The fraction of sp³-hybridized carbons (Fsp3) is 0.714. The fourth-order valence-corrected chi connectivity index (χ4v) is 0.716. The minimum atomic E-state index is -0.384. The molecule has 12 heavy (non-hydrogen) atoms. The number of carbonyl (C=O) groups is 1. The third-order valence-electron chi connectivity index (χ3n) is 1.01. The van der Waals surface area contributed by atoms with Crippen molar-refractivity contribution in [2.24, 2.45) is 4.51 Å². The summed E-state index contributed by atoms with van der Waals surface area (Å²) in [5, 5.41) is 0. The molecule has 70 valence electrons. The Hall–Kier alpha value is -0.770. The van der Waals surface area contributed by atoms with E-state index < -0.39 is 0 Å². The van der Waals surface area contributed by atoms with E-state index in [1.165, 1.54) is 0 Å². The maximum absolute atomic E-state index is 10.8. The molecule has 0 aliphatic heterocycles. The molecule has 0 unspecified atom stereocenters. The highest BCUT2D eigenvalue weighted by Crippen LogP contribution is 1.95. The summed E-state index contributed by atoms with van der Waals surface area (Å²) < 4.78 is 12.9. The predicted octanol–water partition coefficient (Wildman–Crippen LogP) is 1.53. The Morgan fingerprint density at radius 2 is 1.92 bits per heavy atom. The first-order valence-electron chi connectivity index (χ1n) is 3.70. The summed E-state index contributed by atoms with van der Waals surface area (Å²) in [5.41, 5.74) is 0. The molecule has 0 saturated carbocycles. The number of carbonyl (C=O) groups excluding carboxylic acids is 1. The van der Waals surface area contributed by atoms with Crippen LogP contribution in [0.15, 0.2) is 4.51 Å². The van der Waals surface area contributed by atoms with Crippen LogP contribution in [0.5, 0.6) is 0 Å². The fourth-order valence-electron chi connectivity index (χ4n) is 0.607. The molecule has 0 amide bonds. The second-order valence-corrected chi connectivity index (χ2v) is 2.06. The second-order valence-electron chi connectivity index (χ2n) is 1.89. The maximum Gasteiger partial charge on any atom is 0.315 e. The van der Waals surface area contributed by atoms with E-state index in [1.807, 2.05) is 0 Å². The Kier molecular flexibility index (Phi) is 6.47. The van der Waals surface area contributed by atoms with Crippen LogP contribution in [-0.2, 0) is 14.3 Å². The van der Waals surface area contributed by atoms with Crippen LogP contribution in [0.3, 0.4) is 0 Å². The molecule has 0 aliphatic rings. The van der Waals surface area contributed by atoms with Gasteiger partial charge in [0.2, 0.25) is 5.90 Å². The summed E-state index contributed by atoms with van der Waals surface area (Å²) in [5.74, 6) is -0.192. The van der Waals surface area contributed by atoms with E-state index in [9.17, 15) is 4.79 Å². The molecule has 0 saturated heterocycles. The molecule has 0 aliphatic carbocycles. The summed E-state index contributed by atoms with van der Waals surface area (Å²) in [6, 6.07) is 0. The Labute approximate surface area is 76.6 Å². The van der Waals surface area contributed by atoms with E-state index in [2.05, 4.69) is 9.25 Å². The van der Waals surface area contributed by atoms with Crippen LogP contribution in [0.1, 0.15) is 20.3 Å². The summed E-state index contributed by atoms with van der Waals surface area (Å²) >= 11 is 5.15. The zero-order valence-corrected chi connectivity index (χ0v) is 7.93. The Bertz CT molecular complexity index is 170. The van der Waals surface area contributed by atoms with Crippen LogP contribution in [-0.4, -0.2) is 25.1 Å². The van der Waals surface area contributed by atoms with Gasteiger partial charge in [0.05, 0.1) is 13.2 Å². The maximum atomic E-state index is 10.8. The van der Waals surface area contributed by atoms with Crippen molar-refractivity contribution in [2.45, 2.75) is 20.3 Å². The van der Waals surface area contributed by atoms with Gasteiger partial charge >= 0.3 is 5.97 Å². The van der Waals surface area contributed by atoms with Gasteiger partial charge in [-0.2, -0.15) is 0 Å². The van der Waals surface area contributed by atoms with Crippen LogP contribution in [0.2, 0.25) is 0 Å². The van der Waals surface area contributed by atoms with E-state index in [0.29, 0.717) is 13.2 Å². The quantitative estimate of drug-likeness (QED) is 0.387. The summed E-state index contributed by atoms with van der Waals surface area (Å²) in [6.45, 7) is 4.30. The molecule has 0 heterocycles. The lowest BCUT2D eigenvalue weighted by Crippen LogP contribution is -2.13. The van der Waals surface area contributed by atoms with Gasteiger partial charge < -0.3 is 9.47 Å². The first-order valence-corrected chi connectivity index (χ1v) is 4.04. The van der Waals surface area contributed by atoms with Gasteiger partial charge in [-0.3, -0.25) is 4.79 Å². The standard InChI is InChI=1S/C7H12ClNO3/c1-3-11-6(9-8)5-7(10)12-4-2/h3-5H2,1-2H3. The smallest absolute Gasteiger partial charge is 0.315 e. The molecule has 0 bridgehead atoms. The molecule has 0 fully saturated rings. The third kappa shape index (κ3) is 4.96. The van der Waals surface area contributed by atoms with E-state index in [4.69, 9.17) is 16.5 Å². The Morgan fingerprint density at radius 1 is 1.33 bits per heavy atom. The molecule has 5 heteroatoms. The van der Waals surface area contributed by atoms with Crippen LogP contribution in [0, 0.1) is 0 Å². The number of hydrogen-bond donors (Lipinski definition) is 0. The van der Waals surface area contributed by atoms with Crippen LogP contribution in [0.25, 0.3) is 0 Å². The highest BCUT2D eigenvalue weighted by molar-refractivity contribution is 6.20. The van der Waals surface area contributed by atoms with Gasteiger partial charge in [0.15, 0.2) is 0 Å². The molecule has 0 aromatic carbocycles. The third-order valence-corrected chi connectivity index (χ3v) is 1.19. The largest absolute Gasteiger partial charge is 0.480 e. The minimum Gasteiger partial charge on any atom is -0.480 e. The lowest BCUT2D eigenvalue weighted by molar-refractivity contribution is -0.141. The summed E-state index contributed by atoms with van der Waals surface area (Å²) in [7, 11) is 0. The van der Waals surface area contributed by atoms with Crippen LogP contribution in [0.4, 0.5) is 0 Å². The Balaban J connectivity index is 3.78. The lowest BCUT2D eigenvalue weighted by atomic mass is 10.4. The topological polar surface area (TPSA) is 47.9 Å². The highest BCUT2D eigenvalue weighted by atomic mass is 35.5. The zero-order valence-electron chi connectivity index (χ0n) is 7.17. The molecule has 4 nitrogen and oxygen atoms in total. The van der Waals surface area contributed by atoms with Gasteiger partial charge in [-0.1, -0.05) is 0 Å².